The summed E-state index contributed by atoms with van der Waals surface area (Å²) in [4.78, 5) is 8.04. The Hall–Kier alpha value is -2.74. The van der Waals surface area contributed by atoms with Gasteiger partial charge in [0, 0.05) is 24.8 Å². The van der Waals surface area contributed by atoms with Crippen molar-refractivity contribution < 1.29 is 0 Å². The molecule has 2 aromatic heterocycles. The standard InChI is InChI=1S/C18H14N2/c1(2-16-7-11-19-12-8-16)15-3-5-17(6-4-15)18-9-13-20-14-10-18/h1-14H. The van der Waals surface area contributed by atoms with Crippen LogP contribution in [0, 0.1) is 0 Å². The van der Waals surface area contributed by atoms with Crippen LogP contribution in [0.1, 0.15) is 11.1 Å². The molecule has 0 aliphatic carbocycles. The van der Waals surface area contributed by atoms with Crippen molar-refractivity contribution in [3.05, 3.63) is 84.4 Å². The molecular weight excluding hydrogens is 244 g/mol. The molecule has 2 heteroatoms. The van der Waals surface area contributed by atoms with Crippen molar-refractivity contribution in [2.45, 2.75) is 0 Å². The van der Waals surface area contributed by atoms with Crippen LogP contribution in [0.15, 0.2) is 73.3 Å². The van der Waals surface area contributed by atoms with Gasteiger partial charge in [-0.1, -0.05) is 36.4 Å². The topological polar surface area (TPSA) is 25.8 Å². The molecule has 3 aromatic rings. The van der Waals surface area contributed by atoms with Gasteiger partial charge < -0.3 is 0 Å². The summed E-state index contributed by atoms with van der Waals surface area (Å²) in [5, 5.41) is 0. The molecule has 0 aliphatic heterocycles. The highest BCUT2D eigenvalue weighted by atomic mass is 14.6. The molecule has 20 heavy (non-hydrogen) atoms. The Morgan fingerprint density at radius 2 is 0.950 bits per heavy atom. The Labute approximate surface area is 118 Å². The van der Waals surface area contributed by atoms with Gasteiger partial charge >= 0.3 is 0 Å². The van der Waals surface area contributed by atoms with Gasteiger partial charge in [-0.2, -0.15) is 0 Å². The average molecular weight is 258 g/mol. The Kier molecular flexibility index (Phi) is 3.65. The zero-order valence-electron chi connectivity index (χ0n) is 11.0. The SMILES string of the molecule is C(=Cc1ccc(-c2ccncc2)cc1)c1ccncc1. The van der Waals surface area contributed by atoms with Crippen molar-refractivity contribution in [1.29, 1.82) is 0 Å². The molecule has 0 fully saturated rings. The molecule has 0 atom stereocenters. The molecule has 2 heterocycles. The lowest BCUT2D eigenvalue weighted by Crippen LogP contribution is -1.79. The van der Waals surface area contributed by atoms with E-state index in [2.05, 4.69) is 46.4 Å². The maximum absolute atomic E-state index is 4.04. The van der Waals surface area contributed by atoms with Gasteiger partial charge in [0.25, 0.3) is 0 Å². The Balaban J connectivity index is 1.79. The van der Waals surface area contributed by atoms with Crippen molar-refractivity contribution in [3.8, 4) is 11.1 Å². The van der Waals surface area contributed by atoms with E-state index in [1.165, 1.54) is 16.7 Å². The second-order valence-electron chi connectivity index (χ2n) is 4.47. The van der Waals surface area contributed by atoms with E-state index in [0.29, 0.717) is 0 Å². The second kappa shape index (κ2) is 5.93. The van der Waals surface area contributed by atoms with Crippen molar-refractivity contribution in [1.82, 2.24) is 9.97 Å². The smallest absolute Gasteiger partial charge is 0.0273 e. The van der Waals surface area contributed by atoms with Crippen molar-refractivity contribution in [2.24, 2.45) is 0 Å². The maximum atomic E-state index is 4.04. The van der Waals surface area contributed by atoms with Gasteiger partial charge in [0.1, 0.15) is 0 Å². The quantitative estimate of drug-likeness (QED) is 0.699. The zero-order chi connectivity index (χ0) is 13.6. The van der Waals surface area contributed by atoms with Gasteiger partial charge in [0.05, 0.1) is 0 Å². The lowest BCUT2D eigenvalue weighted by Gasteiger charge is -2.01. The highest BCUT2D eigenvalue weighted by Gasteiger charge is 1.95. The number of nitrogens with zero attached hydrogens (tertiary/aromatic N) is 2. The number of hydrogen-bond acceptors (Lipinski definition) is 2. The monoisotopic (exact) mass is 258 g/mol. The minimum atomic E-state index is 1.15. The fraction of sp³-hybridized carbons (Fsp3) is 0. The number of hydrogen-bond donors (Lipinski definition) is 0. The van der Waals surface area contributed by atoms with Crippen LogP contribution < -0.4 is 0 Å². The van der Waals surface area contributed by atoms with Crippen LogP contribution in [0.5, 0.6) is 0 Å². The van der Waals surface area contributed by atoms with Gasteiger partial charge in [-0.15, -0.1) is 0 Å². The Bertz CT molecular complexity index is 687. The molecule has 0 saturated carbocycles. The normalized spacial score (nSPS) is 10.8. The third kappa shape index (κ3) is 2.98. The van der Waals surface area contributed by atoms with Crippen LogP contribution >= 0.6 is 0 Å². The maximum Gasteiger partial charge on any atom is 0.0273 e. The highest BCUT2D eigenvalue weighted by Crippen LogP contribution is 2.19. The highest BCUT2D eigenvalue weighted by molar-refractivity contribution is 5.71. The molecule has 0 N–H and O–H groups in total. The van der Waals surface area contributed by atoms with Gasteiger partial charge in [-0.3, -0.25) is 9.97 Å². The minimum absolute atomic E-state index is 1.15. The first-order chi connectivity index (χ1) is 9.92. The predicted molar refractivity (Wildman–Crippen MR) is 82.8 cm³/mol. The lowest BCUT2D eigenvalue weighted by molar-refractivity contribution is 1.32. The van der Waals surface area contributed by atoms with Crippen LogP contribution in [0.4, 0.5) is 0 Å². The fourth-order valence-corrected chi connectivity index (χ4v) is 2.00. The number of aromatic nitrogens is 2. The first-order valence-corrected chi connectivity index (χ1v) is 6.50. The van der Waals surface area contributed by atoms with E-state index >= 15 is 0 Å². The lowest BCUT2D eigenvalue weighted by atomic mass is 10.0. The summed E-state index contributed by atoms with van der Waals surface area (Å²) in [7, 11) is 0. The zero-order valence-corrected chi connectivity index (χ0v) is 11.0. The summed E-state index contributed by atoms with van der Waals surface area (Å²) in [6, 6.07) is 16.5. The Morgan fingerprint density at radius 3 is 1.55 bits per heavy atom. The van der Waals surface area contributed by atoms with Crippen LogP contribution in [0.3, 0.4) is 0 Å². The van der Waals surface area contributed by atoms with Crippen molar-refractivity contribution in [3.63, 3.8) is 0 Å². The fourth-order valence-electron chi connectivity index (χ4n) is 2.00. The molecular formula is C18H14N2. The average Bonchev–Trinajstić information content (AvgIpc) is 2.55. The van der Waals surface area contributed by atoms with Gasteiger partial charge in [0.2, 0.25) is 0 Å². The van der Waals surface area contributed by atoms with Crippen LogP contribution in [0.2, 0.25) is 0 Å². The van der Waals surface area contributed by atoms with Crippen LogP contribution in [-0.2, 0) is 0 Å². The number of rotatable bonds is 3. The molecule has 0 bridgehead atoms. The van der Waals surface area contributed by atoms with Crippen molar-refractivity contribution in [2.75, 3.05) is 0 Å². The first kappa shape index (κ1) is 12.3. The first-order valence-electron chi connectivity index (χ1n) is 6.50. The summed E-state index contributed by atoms with van der Waals surface area (Å²) in [5.41, 5.74) is 4.72. The van der Waals surface area contributed by atoms with Crippen LogP contribution in [0.25, 0.3) is 23.3 Å². The number of pyridine rings is 2. The van der Waals surface area contributed by atoms with E-state index in [9.17, 15) is 0 Å². The molecule has 0 aliphatic rings. The third-order valence-electron chi connectivity index (χ3n) is 3.10. The van der Waals surface area contributed by atoms with Crippen molar-refractivity contribution >= 4 is 12.2 Å². The van der Waals surface area contributed by atoms with E-state index in [1.54, 1.807) is 12.4 Å². The third-order valence-corrected chi connectivity index (χ3v) is 3.10. The predicted octanol–water partition coefficient (Wildman–Crippen LogP) is 4.31. The summed E-state index contributed by atoms with van der Waals surface area (Å²) in [5.74, 6) is 0. The second-order valence-corrected chi connectivity index (χ2v) is 4.47. The summed E-state index contributed by atoms with van der Waals surface area (Å²) in [6.45, 7) is 0. The van der Waals surface area contributed by atoms with Gasteiger partial charge in [-0.25, -0.2) is 0 Å². The van der Waals surface area contributed by atoms with Gasteiger partial charge in [-0.05, 0) is 46.5 Å². The van der Waals surface area contributed by atoms with E-state index in [0.717, 1.165) is 5.56 Å². The van der Waals surface area contributed by atoms with Gasteiger partial charge in [0.15, 0.2) is 0 Å². The Morgan fingerprint density at radius 1 is 0.500 bits per heavy atom. The summed E-state index contributed by atoms with van der Waals surface area (Å²) < 4.78 is 0. The van der Waals surface area contributed by atoms with Crippen LogP contribution in [-0.4, -0.2) is 9.97 Å². The van der Waals surface area contributed by atoms with E-state index in [4.69, 9.17) is 0 Å². The molecule has 0 saturated heterocycles. The molecule has 96 valence electrons. The largest absolute Gasteiger partial charge is 0.265 e. The molecule has 0 unspecified atom stereocenters. The molecule has 0 spiro atoms. The summed E-state index contributed by atoms with van der Waals surface area (Å²) in [6.07, 6.45) is 11.4. The minimum Gasteiger partial charge on any atom is -0.265 e. The summed E-state index contributed by atoms with van der Waals surface area (Å²) >= 11 is 0. The van der Waals surface area contributed by atoms with E-state index in [-0.39, 0.29) is 0 Å². The van der Waals surface area contributed by atoms with E-state index in [1.807, 2.05) is 36.7 Å². The molecule has 1 aromatic carbocycles. The number of benzene rings is 1. The molecule has 0 amide bonds. The molecule has 3 rings (SSSR count). The van der Waals surface area contributed by atoms with E-state index < -0.39 is 0 Å². The molecule has 2 nitrogen and oxygen atoms in total. The molecule has 0 radical (unpaired) electrons.